The van der Waals surface area contributed by atoms with E-state index in [1.165, 1.54) is 16.6 Å². The molecule has 0 aromatic heterocycles. The van der Waals surface area contributed by atoms with Crippen LogP contribution in [0.1, 0.15) is 27.9 Å². The molecular weight excluding hydrogens is 343 g/mol. The van der Waals surface area contributed by atoms with Crippen molar-refractivity contribution in [3.05, 3.63) is 58.9 Å². The Labute approximate surface area is 146 Å². The van der Waals surface area contributed by atoms with Crippen molar-refractivity contribution in [2.45, 2.75) is 19.8 Å². The Balaban J connectivity index is 1.86. The van der Waals surface area contributed by atoms with Gasteiger partial charge in [0, 0.05) is 17.8 Å². The summed E-state index contributed by atoms with van der Waals surface area (Å²) >= 11 is 0. The van der Waals surface area contributed by atoms with Gasteiger partial charge in [-0.2, -0.15) is 0 Å². The summed E-state index contributed by atoms with van der Waals surface area (Å²) in [4.78, 5) is 12.4. The van der Waals surface area contributed by atoms with Crippen LogP contribution in [0.5, 0.6) is 0 Å². The normalized spacial score (nSPS) is 14.1. The van der Waals surface area contributed by atoms with Gasteiger partial charge in [-0.05, 0) is 61.2 Å². The summed E-state index contributed by atoms with van der Waals surface area (Å²) in [7, 11) is -3.34. The second kappa shape index (κ2) is 6.48. The number of carbonyl (C=O) groups is 1. The van der Waals surface area contributed by atoms with Crippen molar-refractivity contribution in [3.8, 4) is 0 Å². The van der Waals surface area contributed by atoms with Crippen LogP contribution in [0.15, 0.2) is 36.4 Å². The molecule has 132 valence electrons. The van der Waals surface area contributed by atoms with Crippen molar-refractivity contribution in [2.75, 3.05) is 22.4 Å². The van der Waals surface area contributed by atoms with E-state index in [-0.39, 0.29) is 11.7 Å². The Morgan fingerprint density at radius 3 is 2.64 bits per heavy atom. The van der Waals surface area contributed by atoms with Gasteiger partial charge in [0.05, 0.1) is 11.9 Å². The van der Waals surface area contributed by atoms with E-state index in [4.69, 9.17) is 0 Å². The highest BCUT2D eigenvalue weighted by Crippen LogP contribution is 2.30. The zero-order chi connectivity index (χ0) is 18.2. The first-order valence-electron chi connectivity index (χ1n) is 7.94. The average molecular weight is 362 g/mol. The maximum absolute atomic E-state index is 13.6. The summed E-state index contributed by atoms with van der Waals surface area (Å²) < 4.78 is 38.7. The molecule has 0 saturated carbocycles. The van der Waals surface area contributed by atoms with E-state index < -0.39 is 10.0 Å². The van der Waals surface area contributed by atoms with Gasteiger partial charge in [-0.1, -0.05) is 6.07 Å². The third-order valence-electron chi connectivity index (χ3n) is 4.25. The minimum Gasteiger partial charge on any atom is -0.322 e. The molecule has 0 bridgehead atoms. The highest BCUT2D eigenvalue weighted by atomic mass is 32.2. The molecule has 1 aliphatic heterocycles. The number of benzene rings is 2. The summed E-state index contributed by atoms with van der Waals surface area (Å²) in [6.45, 7) is 2.10. The molecule has 7 heteroatoms. The van der Waals surface area contributed by atoms with E-state index in [1.807, 2.05) is 0 Å². The molecule has 0 aliphatic carbocycles. The standard InChI is InChI=1S/C18H19FN2O3S/c1-12-5-7-15(11-16(12)19)20-18(22)14-6-8-17-13(10-14)4-3-9-21(17)25(2,23)24/h5-8,10-11H,3-4,9H2,1-2H3,(H,20,22). The van der Waals surface area contributed by atoms with Crippen molar-refractivity contribution in [3.63, 3.8) is 0 Å². The fourth-order valence-corrected chi connectivity index (χ4v) is 3.92. The maximum atomic E-state index is 13.6. The van der Waals surface area contributed by atoms with Gasteiger partial charge in [0.15, 0.2) is 0 Å². The molecule has 1 aliphatic rings. The van der Waals surface area contributed by atoms with Gasteiger partial charge in [-0.3, -0.25) is 9.10 Å². The summed E-state index contributed by atoms with van der Waals surface area (Å²) in [6.07, 6.45) is 2.59. The minimum atomic E-state index is -3.34. The number of halogens is 1. The van der Waals surface area contributed by atoms with Crippen LogP contribution in [0.25, 0.3) is 0 Å². The molecule has 5 nitrogen and oxygen atoms in total. The van der Waals surface area contributed by atoms with Crippen LogP contribution in [0, 0.1) is 12.7 Å². The minimum absolute atomic E-state index is 0.359. The molecule has 0 radical (unpaired) electrons. The summed E-state index contributed by atoms with van der Waals surface area (Å²) in [5, 5.41) is 2.66. The predicted octanol–water partition coefficient (Wildman–Crippen LogP) is 3.10. The Kier molecular flexibility index (Phi) is 4.51. The van der Waals surface area contributed by atoms with Gasteiger partial charge in [0.2, 0.25) is 10.0 Å². The molecule has 3 rings (SSSR count). The number of aryl methyl sites for hydroxylation is 2. The van der Waals surface area contributed by atoms with Gasteiger partial charge in [0.25, 0.3) is 5.91 Å². The predicted molar refractivity (Wildman–Crippen MR) is 96.0 cm³/mol. The van der Waals surface area contributed by atoms with Crippen molar-refractivity contribution in [1.82, 2.24) is 0 Å². The molecule has 1 heterocycles. The van der Waals surface area contributed by atoms with E-state index in [0.717, 1.165) is 5.56 Å². The fourth-order valence-electron chi connectivity index (χ4n) is 2.92. The van der Waals surface area contributed by atoms with Gasteiger partial charge >= 0.3 is 0 Å². The molecule has 0 fully saturated rings. The molecule has 25 heavy (non-hydrogen) atoms. The van der Waals surface area contributed by atoms with Crippen LogP contribution in [-0.4, -0.2) is 27.1 Å². The molecule has 0 saturated heterocycles. The number of rotatable bonds is 3. The summed E-state index contributed by atoms with van der Waals surface area (Å²) in [5.74, 6) is -0.741. The van der Waals surface area contributed by atoms with Gasteiger partial charge < -0.3 is 5.32 Å². The number of anilines is 2. The summed E-state index contributed by atoms with van der Waals surface area (Å²) in [5.41, 5.74) is 2.73. The van der Waals surface area contributed by atoms with Gasteiger partial charge in [-0.15, -0.1) is 0 Å². The van der Waals surface area contributed by atoms with E-state index in [9.17, 15) is 17.6 Å². The van der Waals surface area contributed by atoms with E-state index in [1.54, 1.807) is 37.3 Å². The second-order valence-electron chi connectivity index (χ2n) is 6.20. The zero-order valence-corrected chi connectivity index (χ0v) is 14.9. The first-order valence-corrected chi connectivity index (χ1v) is 9.79. The molecule has 2 aromatic carbocycles. The Morgan fingerprint density at radius 2 is 1.96 bits per heavy atom. The van der Waals surface area contributed by atoms with Crippen LogP contribution in [0.4, 0.5) is 15.8 Å². The number of nitrogens with zero attached hydrogens (tertiary/aromatic N) is 1. The SMILES string of the molecule is Cc1ccc(NC(=O)c2ccc3c(c2)CCCN3S(C)(=O)=O)cc1F. The van der Waals surface area contributed by atoms with Crippen LogP contribution < -0.4 is 9.62 Å². The zero-order valence-electron chi connectivity index (χ0n) is 14.0. The highest BCUT2D eigenvalue weighted by molar-refractivity contribution is 7.92. The number of carbonyl (C=O) groups excluding carboxylic acids is 1. The average Bonchev–Trinajstić information content (AvgIpc) is 2.56. The maximum Gasteiger partial charge on any atom is 0.255 e. The number of sulfonamides is 1. The monoisotopic (exact) mass is 362 g/mol. The second-order valence-corrected chi connectivity index (χ2v) is 8.11. The smallest absolute Gasteiger partial charge is 0.255 e. The number of hydrogen-bond donors (Lipinski definition) is 1. The molecule has 0 unspecified atom stereocenters. The third kappa shape index (κ3) is 3.66. The fraction of sp³-hybridized carbons (Fsp3) is 0.278. The number of nitrogens with one attached hydrogen (secondary N) is 1. The quantitative estimate of drug-likeness (QED) is 0.912. The lowest BCUT2D eigenvalue weighted by atomic mass is 10.0. The lowest BCUT2D eigenvalue weighted by Gasteiger charge is -2.29. The molecule has 1 amide bonds. The molecule has 2 aromatic rings. The van der Waals surface area contributed by atoms with E-state index in [2.05, 4.69) is 5.32 Å². The van der Waals surface area contributed by atoms with Crippen LogP contribution >= 0.6 is 0 Å². The van der Waals surface area contributed by atoms with Crippen LogP contribution in [0.3, 0.4) is 0 Å². The van der Waals surface area contributed by atoms with E-state index in [0.29, 0.717) is 41.9 Å². The number of amides is 1. The number of fused-ring (bicyclic) bond motifs is 1. The topological polar surface area (TPSA) is 66.5 Å². The third-order valence-corrected chi connectivity index (χ3v) is 5.43. The lowest BCUT2D eigenvalue weighted by Crippen LogP contribution is -2.34. The Hall–Kier alpha value is -2.41. The van der Waals surface area contributed by atoms with E-state index >= 15 is 0 Å². The molecule has 0 atom stereocenters. The largest absolute Gasteiger partial charge is 0.322 e. The Morgan fingerprint density at radius 1 is 1.20 bits per heavy atom. The Bertz CT molecular complexity index is 941. The molecule has 1 N–H and O–H groups in total. The lowest BCUT2D eigenvalue weighted by molar-refractivity contribution is 0.102. The van der Waals surface area contributed by atoms with Gasteiger partial charge in [0.1, 0.15) is 5.82 Å². The van der Waals surface area contributed by atoms with Crippen LogP contribution in [0.2, 0.25) is 0 Å². The van der Waals surface area contributed by atoms with Crippen molar-refractivity contribution in [2.24, 2.45) is 0 Å². The van der Waals surface area contributed by atoms with Crippen molar-refractivity contribution < 1.29 is 17.6 Å². The molecular formula is C18H19FN2O3S. The number of hydrogen-bond acceptors (Lipinski definition) is 3. The van der Waals surface area contributed by atoms with Crippen molar-refractivity contribution in [1.29, 1.82) is 0 Å². The first kappa shape index (κ1) is 17.4. The summed E-state index contributed by atoms with van der Waals surface area (Å²) in [6, 6.07) is 9.45. The highest BCUT2D eigenvalue weighted by Gasteiger charge is 2.24. The van der Waals surface area contributed by atoms with Gasteiger partial charge in [-0.25, -0.2) is 12.8 Å². The molecule has 0 spiro atoms. The van der Waals surface area contributed by atoms with Crippen LogP contribution in [-0.2, 0) is 16.4 Å². The van der Waals surface area contributed by atoms with Crippen molar-refractivity contribution >= 4 is 27.3 Å². The first-order chi connectivity index (χ1) is 11.8.